The maximum atomic E-state index is 6.09. The Morgan fingerprint density at radius 1 is 1.36 bits per heavy atom. The number of benzene rings is 1. The van der Waals surface area contributed by atoms with Gasteiger partial charge in [0.2, 0.25) is 0 Å². The second-order valence-electron chi connectivity index (χ2n) is 3.93. The standard InChI is InChI=1S/C11H15BrN2/c1-14-7-6-10(13)11(14)8-2-4-9(12)5-3-8/h2-5,10-11H,6-7,13H2,1H3. The SMILES string of the molecule is CN1CCC(N)C1c1ccc(Br)cc1. The summed E-state index contributed by atoms with van der Waals surface area (Å²) in [5.74, 6) is 0. The highest BCUT2D eigenvalue weighted by atomic mass is 79.9. The minimum Gasteiger partial charge on any atom is -0.326 e. The summed E-state index contributed by atoms with van der Waals surface area (Å²) in [4.78, 5) is 2.33. The molecular formula is C11H15BrN2. The third-order valence-electron chi connectivity index (χ3n) is 2.91. The summed E-state index contributed by atoms with van der Waals surface area (Å²) in [7, 11) is 2.14. The number of hydrogen-bond acceptors (Lipinski definition) is 2. The van der Waals surface area contributed by atoms with Gasteiger partial charge in [0.1, 0.15) is 0 Å². The van der Waals surface area contributed by atoms with Gasteiger partial charge < -0.3 is 5.73 Å². The van der Waals surface area contributed by atoms with E-state index in [1.807, 2.05) is 0 Å². The molecule has 1 fully saturated rings. The predicted molar refractivity (Wildman–Crippen MR) is 62.1 cm³/mol. The minimum absolute atomic E-state index is 0.279. The molecule has 2 rings (SSSR count). The summed E-state index contributed by atoms with van der Waals surface area (Å²) in [6, 6.07) is 9.12. The van der Waals surface area contributed by atoms with Crippen molar-refractivity contribution in [1.82, 2.24) is 4.90 Å². The van der Waals surface area contributed by atoms with Crippen molar-refractivity contribution in [2.45, 2.75) is 18.5 Å². The number of halogens is 1. The number of hydrogen-bond donors (Lipinski definition) is 1. The van der Waals surface area contributed by atoms with E-state index in [0.29, 0.717) is 6.04 Å². The first-order valence-corrected chi connectivity index (χ1v) is 5.69. The van der Waals surface area contributed by atoms with E-state index in [0.717, 1.165) is 17.4 Å². The number of rotatable bonds is 1. The van der Waals surface area contributed by atoms with E-state index in [-0.39, 0.29) is 6.04 Å². The van der Waals surface area contributed by atoms with Crippen LogP contribution in [0.25, 0.3) is 0 Å². The van der Waals surface area contributed by atoms with Crippen LogP contribution in [0.15, 0.2) is 28.7 Å². The average Bonchev–Trinajstić information content (AvgIpc) is 2.49. The zero-order valence-electron chi connectivity index (χ0n) is 8.28. The Balaban J connectivity index is 2.25. The molecule has 0 amide bonds. The van der Waals surface area contributed by atoms with Gasteiger partial charge in [0.15, 0.2) is 0 Å². The molecule has 0 aliphatic carbocycles. The van der Waals surface area contributed by atoms with E-state index in [4.69, 9.17) is 5.73 Å². The van der Waals surface area contributed by atoms with Crippen molar-refractivity contribution in [3.05, 3.63) is 34.3 Å². The average molecular weight is 255 g/mol. The van der Waals surface area contributed by atoms with Crippen molar-refractivity contribution in [2.24, 2.45) is 5.73 Å². The maximum absolute atomic E-state index is 6.09. The molecule has 0 bridgehead atoms. The van der Waals surface area contributed by atoms with Crippen molar-refractivity contribution in [1.29, 1.82) is 0 Å². The fourth-order valence-electron chi connectivity index (χ4n) is 2.14. The lowest BCUT2D eigenvalue weighted by molar-refractivity contribution is 0.304. The van der Waals surface area contributed by atoms with Crippen molar-refractivity contribution in [2.75, 3.05) is 13.6 Å². The summed E-state index contributed by atoms with van der Waals surface area (Å²) in [6.45, 7) is 1.10. The molecule has 3 heteroatoms. The first kappa shape index (κ1) is 10.1. The Morgan fingerprint density at radius 3 is 2.50 bits per heavy atom. The second kappa shape index (κ2) is 4.01. The molecule has 2 atom stereocenters. The Morgan fingerprint density at radius 2 is 2.00 bits per heavy atom. The number of nitrogens with two attached hydrogens (primary N) is 1. The lowest BCUT2D eigenvalue weighted by Gasteiger charge is -2.23. The van der Waals surface area contributed by atoms with Gasteiger partial charge in [-0.15, -0.1) is 0 Å². The third kappa shape index (κ3) is 1.85. The van der Waals surface area contributed by atoms with Gasteiger partial charge in [-0.05, 0) is 31.2 Å². The van der Waals surface area contributed by atoms with Crippen LogP contribution < -0.4 is 5.73 Å². The van der Waals surface area contributed by atoms with Gasteiger partial charge in [0.05, 0.1) is 0 Å². The molecule has 14 heavy (non-hydrogen) atoms. The lowest BCUT2D eigenvalue weighted by Crippen LogP contribution is -2.29. The number of likely N-dealkylation sites (N-methyl/N-ethyl adjacent to an activating group) is 1. The van der Waals surface area contributed by atoms with Gasteiger partial charge in [-0.1, -0.05) is 28.1 Å². The zero-order chi connectivity index (χ0) is 10.1. The molecule has 1 aromatic carbocycles. The normalized spacial score (nSPS) is 28.2. The molecule has 1 saturated heterocycles. The number of nitrogens with zero attached hydrogens (tertiary/aromatic N) is 1. The van der Waals surface area contributed by atoms with Gasteiger partial charge in [-0.25, -0.2) is 0 Å². The van der Waals surface area contributed by atoms with Crippen molar-refractivity contribution < 1.29 is 0 Å². The van der Waals surface area contributed by atoms with Crippen molar-refractivity contribution in [3.8, 4) is 0 Å². The van der Waals surface area contributed by atoms with Crippen LogP contribution in [0.5, 0.6) is 0 Å². The van der Waals surface area contributed by atoms with Crippen LogP contribution in [0.4, 0.5) is 0 Å². The smallest absolute Gasteiger partial charge is 0.0496 e. The molecule has 0 saturated carbocycles. The fraction of sp³-hybridized carbons (Fsp3) is 0.455. The Bertz CT molecular complexity index is 300. The summed E-state index contributed by atoms with van der Waals surface area (Å²) in [6.07, 6.45) is 1.09. The summed E-state index contributed by atoms with van der Waals surface area (Å²) < 4.78 is 1.12. The molecule has 0 aromatic heterocycles. The highest BCUT2D eigenvalue weighted by molar-refractivity contribution is 9.10. The zero-order valence-corrected chi connectivity index (χ0v) is 9.87. The Kier molecular flexibility index (Phi) is 2.91. The first-order valence-electron chi connectivity index (χ1n) is 4.90. The molecule has 1 heterocycles. The summed E-state index contributed by atoms with van der Waals surface area (Å²) >= 11 is 3.44. The monoisotopic (exact) mass is 254 g/mol. The van der Waals surface area contributed by atoms with Crippen LogP contribution in [-0.2, 0) is 0 Å². The minimum atomic E-state index is 0.279. The van der Waals surface area contributed by atoms with Crippen LogP contribution in [-0.4, -0.2) is 24.5 Å². The highest BCUT2D eigenvalue weighted by Crippen LogP contribution is 2.30. The van der Waals surface area contributed by atoms with E-state index in [1.165, 1.54) is 5.56 Å². The molecule has 1 aliphatic heterocycles. The van der Waals surface area contributed by atoms with Crippen LogP contribution in [0.3, 0.4) is 0 Å². The molecule has 1 aliphatic rings. The first-order chi connectivity index (χ1) is 6.68. The topological polar surface area (TPSA) is 29.3 Å². The molecule has 0 radical (unpaired) electrons. The van der Waals surface area contributed by atoms with E-state index in [9.17, 15) is 0 Å². The lowest BCUT2D eigenvalue weighted by atomic mass is 10.0. The highest BCUT2D eigenvalue weighted by Gasteiger charge is 2.29. The van der Waals surface area contributed by atoms with Crippen LogP contribution in [0.2, 0.25) is 0 Å². The molecular weight excluding hydrogens is 240 g/mol. The van der Waals surface area contributed by atoms with Gasteiger partial charge in [0, 0.05) is 23.1 Å². The largest absolute Gasteiger partial charge is 0.326 e. The van der Waals surface area contributed by atoms with Gasteiger partial charge >= 0.3 is 0 Å². The molecule has 76 valence electrons. The molecule has 2 nitrogen and oxygen atoms in total. The molecule has 2 unspecified atom stereocenters. The molecule has 1 aromatic rings. The van der Waals surface area contributed by atoms with E-state index in [1.54, 1.807) is 0 Å². The second-order valence-corrected chi connectivity index (χ2v) is 4.85. The maximum Gasteiger partial charge on any atom is 0.0496 e. The third-order valence-corrected chi connectivity index (χ3v) is 3.44. The summed E-state index contributed by atoms with van der Waals surface area (Å²) in [5, 5.41) is 0. The molecule has 2 N–H and O–H groups in total. The van der Waals surface area contributed by atoms with E-state index in [2.05, 4.69) is 52.1 Å². The van der Waals surface area contributed by atoms with Gasteiger partial charge in [-0.3, -0.25) is 4.90 Å². The molecule has 0 spiro atoms. The van der Waals surface area contributed by atoms with E-state index < -0.39 is 0 Å². The van der Waals surface area contributed by atoms with Crippen LogP contribution >= 0.6 is 15.9 Å². The van der Waals surface area contributed by atoms with Crippen molar-refractivity contribution in [3.63, 3.8) is 0 Å². The van der Waals surface area contributed by atoms with E-state index >= 15 is 0 Å². The van der Waals surface area contributed by atoms with Crippen LogP contribution in [0.1, 0.15) is 18.0 Å². The Labute approximate surface area is 93.2 Å². The predicted octanol–water partition coefficient (Wildman–Crippen LogP) is 2.15. The van der Waals surface area contributed by atoms with Crippen molar-refractivity contribution >= 4 is 15.9 Å². The van der Waals surface area contributed by atoms with Gasteiger partial charge in [-0.2, -0.15) is 0 Å². The summed E-state index contributed by atoms with van der Waals surface area (Å²) in [5.41, 5.74) is 7.41. The Hall–Kier alpha value is -0.380. The van der Waals surface area contributed by atoms with Crippen LogP contribution in [0, 0.1) is 0 Å². The fourth-order valence-corrected chi connectivity index (χ4v) is 2.40. The quantitative estimate of drug-likeness (QED) is 0.833. The number of likely N-dealkylation sites (tertiary alicyclic amines) is 1. The van der Waals surface area contributed by atoms with Gasteiger partial charge in [0.25, 0.3) is 0 Å².